The summed E-state index contributed by atoms with van der Waals surface area (Å²) in [6, 6.07) is 2.99. The molecule has 0 aromatic heterocycles. The van der Waals surface area contributed by atoms with Crippen molar-refractivity contribution in [1.29, 1.82) is 0 Å². The Hall–Kier alpha value is -3.28. The summed E-state index contributed by atoms with van der Waals surface area (Å²) in [4.78, 5) is 62.6. The first-order valence-electron chi connectivity index (χ1n) is 11.0. The maximum atomic E-state index is 13.3. The van der Waals surface area contributed by atoms with Gasteiger partial charge in [-0.25, -0.2) is 9.80 Å². The van der Waals surface area contributed by atoms with Gasteiger partial charge in [-0.2, -0.15) is 0 Å². The van der Waals surface area contributed by atoms with Crippen molar-refractivity contribution in [3.05, 3.63) is 23.8 Å². The fourth-order valence-corrected chi connectivity index (χ4v) is 5.18. The Morgan fingerprint density at radius 3 is 2.71 bits per heavy atom. The van der Waals surface area contributed by atoms with Crippen molar-refractivity contribution in [1.82, 2.24) is 15.3 Å². The molecular weight excluding hydrogens is 466 g/mol. The number of carbonyl (C=O) groups is 5. The normalized spacial score (nSPS) is 22.6. The smallest absolute Gasteiger partial charge is 0.328 e. The molecule has 34 heavy (non-hydrogen) atoms. The van der Waals surface area contributed by atoms with Gasteiger partial charge in [0.2, 0.25) is 18.6 Å². The number of carbonyl (C=O) groups excluding carboxylic acids is 4. The molecule has 11 nitrogen and oxygen atoms in total. The molecule has 2 saturated heterocycles. The van der Waals surface area contributed by atoms with E-state index in [4.69, 9.17) is 9.47 Å². The van der Waals surface area contributed by atoms with Crippen molar-refractivity contribution in [2.75, 3.05) is 13.3 Å². The second-order valence-electron chi connectivity index (χ2n) is 8.29. The summed E-state index contributed by atoms with van der Waals surface area (Å²) in [6.07, 6.45) is 0.922. The first kappa shape index (κ1) is 23.9. The van der Waals surface area contributed by atoms with Crippen LogP contribution in [0.1, 0.15) is 38.2 Å². The number of nitrogens with one attached hydrogen (secondary N) is 1. The van der Waals surface area contributed by atoms with Gasteiger partial charge in [-0.05, 0) is 43.4 Å². The van der Waals surface area contributed by atoms with Gasteiger partial charge in [-0.15, -0.1) is 0 Å². The molecule has 3 amide bonds. The van der Waals surface area contributed by atoms with Gasteiger partial charge in [0.25, 0.3) is 5.91 Å². The van der Waals surface area contributed by atoms with Crippen molar-refractivity contribution >= 4 is 40.6 Å². The largest absolute Gasteiger partial charge is 0.480 e. The molecule has 1 unspecified atom stereocenters. The molecule has 0 aliphatic carbocycles. The fraction of sp³-hybridized carbons (Fsp3) is 0.500. The summed E-state index contributed by atoms with van der Waals surface area (Å²) in [5, 5.41) is 13.3. The molecular formula is C22H25N3O8S. The molecule has 12 heteroatoms. The number of hydrogen-bond donors (Lipinski definition) is 2. The highest BCUT2D eigenvalue weighted by Gasteiger charge is 2.45. The van der Waals surface area contributed by atoms with Crippen LogP contribution >= 0.6 is 11.8 Å². The molecule has 1 aromatic rings. The molecule has 0 spiro atoms. The van der Waals surface area contributed by atoms with E-state index in [0.29, 0.717) is 17.9 Å². The minimum Gasteiger partial charge on any atom is -0.480 e. The summed E-state index contributed by atoms with van der Waals surface area (Å²) in [7, 11) is 0. The number of carboxylic acid groups (broad SMARTS) is 1. The summed E-state index contributed by atoms with van der Waals surface area (Å²) in [5.74, 6) is -1.60. The van der Waals surface area contributed by atoms with Crippen LogP contribution in [-0.4, -0.2) is 74.6 Å². The lowest BCUT2D eigenvalue weighted by Crippen LogP contribution is -2.62. The molecule has 1 aromatic carbocycles. The molecule has 182 valence electrons. The average molecular weight is 492 g/mol. The van der Waals surface area contributed by atoms with E-state index in [9.17, 15) is 29.1 Å². The zero-order chi connectivity index (χ0) is 24.4. The zero-order valence-corrected chi connectivity index (χ0v) is 19.3. The van der Waals surface area contributed by atoms with Crippen molar-refractivity contribution in [3.63, 3.8) is 0 Å². The lowest BCUT2D eigenvalue weighted by Gasteiger charge is -2.41. The summed E-state index contributed by atoms with van der Waals surface area (Å²) in [6.45, 7) is 1.71. The predicted octanol–water partition coefficient (Wildman–Crippen LogP) is 0.704. The SMILES string of the molecule is CC(=O)S[C@@H](Cc1ccc2c(c1)OCO2)C(=O)NC1CCC(=O)N2CCC[C@@H](C(=O)O)N2C1=O. The van der Waals surface area contributed by atoms with Crippen LogP contribution in [0.5, 0.6) is 11.5 Å². The maximum absolute atomic E-state index is 13.3. The van der Waals surface area contributed by atoms with Gasteiger partial charge in [-0.3, -0.25) is 24.2 Å². The number of hydrogen-bond acceptors (Lipinski definition) is 8. The third-order valence-corrected chi connectivity index (χ3v) is 6.92. The maximum Gasteiger partial charge on any atom is 0.328 e. The minimum absolute atomic E-state index is 0.00773. The van der Waals surface area contributed by atoms with E-state index in [0.717, 1.165) is 22.3 Å². The van der Waals surface area contributed by atoms with Crippen molar-refractivity contribution in [3.8, 4) is 11.5 Å². The van der Waals surface area contributed by atoms with Crippen molar-refractivity contribution in [2.45, 2.75) is 56.4 Å². The number of rotatable bonds is 6. The molecule has 3 atom stereocenters. The lowest BCUT2D eigenvalue weighted by atomic mass is 10.1. The Kier molecular flexibility index (Phi) is 6.96. The molecule has 0 saturated carbocycles. The van der Waals surface area contributed by atoms with E-state index in [1.54, 1.807) is 18.2 Å². The van der Waals surface area contributed by atoms with E-state index < -0.39 is 35.1 Å². The van der Waals surface area contributed by atoms with Crippen molar-refractivity contribution in [2.24, 2.45) is 0 Å². The van der Waals surface area contributed by atoms with E-state index in [1.807, 2.05) is 0 Å². The molecule has 2 N–H and O–H groups in total. The van der Waals surface area contributed by atoms with Gasteiger partial charge < -0.3 is 19.9 Å². The number of hydrazine groups is 1. The molecule has 3 aliphatic rings. The van der Waals surface area contributed by atoms with Crippen LogP contribution in [0.4, 0.5) is 0 Å². The number of aliphatic carboxylic acids is 1. The molecule has 3 heterocycles. The number of benzene rings is 1. The number of amides is 3. The van der Waals surface area contributed by atoms with Crippen LogP contribution in [-0.2, 0) is 30.4 Å². The number of fused-ring (bicyclic) bond motifs is 2. The number of nitrogens with zero attached hydrogens (tertiary/aromatic N) is 2. The van der Waals surface area contributed by atoms with E-state index in [-0.39, 0.29) is 50.0 Å². The Morgan fingerprint density at radius 1 is 1.21 bits per heavy atom. The van der Waals surface area contributed by atoms with Gasteiger partial charge in [0.05, 0.1) is 5.25 Å². The molecule has 0 bridgehead atoms. The number of thioether (sulfide) groups is 1. The zero-order valence-electron chi connectivity index (χ0n) is 18.5. The Morgan fingerprint density at radius 2 is 1.97 bits per heavy atom. The Balaban J connectivity index is 1.52. The van der Waals surface area contributed by atoms with Crippen molar-refractivity contribution < 1.29 is 38.6 Å². The van der Waals surface area contributed by atoms with Crippen LogP contribution in [0.3, 0.4) is 0 Å². The number of ether oxygens (including phenoxy) is 2. The number of carboxylic acids is 1. The summed E-state index contributed by atoms with van der Waals surface area (Å²) >= 11 is 0.840. The van der Waals surface area contributed by atoms with E-state index >= 15 is 0 Å². The van der Waals surface area contributed by atoms with Gasteiger partial charge in [0.15, 0.2) is 22.7 Å². The van der Waals surface area contributed by atoms with Crippen LogP contribution in [0.25, 0.3) is 0 Å². The Labute approximate surface area is 199 Å². The van der Waals surface area contributed by atoms with Gasteiger partial charge >= 0.3 is 5.97 Å². The molecule has 2 fully saturated rings. The third-order valence-electron chi connectivity index (χ3n) is 5.92. The predicted molar refractivity (Wildman–Crippen MR) is 119 cm³/mol. The van der Waals surface area contributed by atoms with Gasteiger partial charge in [0, 0.05) is 19.9 Å². The fourth-order valence-electron chi connectivity index (χ4n) is 4.33. The minimum atomic E-state index is -1.20. The van der Waals surface area contributed by atoms with Gasteiger partial charge in [-0.1, -0.05) is 17.8 Å². The molecule has 4 rings (SSSR count). The first-order chi connectivity index (χ1) is 16.2. The highest BCUT2D eigenvalue weighted by molar-refractivity contribution is 8.14. The van der Waals surface area contributed by atoms with Gasteiger partial charge in [0.1, 0.15) is 6.04 Å². The van der Waals surface area contributed by atoms with E-state index in [1.165, 1.54) is 11.9 Å². The third kappa shape index (κ3) is 4.96. The average Bonchev–Trinajstić information content (AvgIpc) is 3.23. The lowest BCUT2D eigenvalue weighted by molar-refractivity contribution is -0.180. The van der Waals surface area contributed by atoms with Crippen LogP contribution in [0.2, 0.25) is 0 Å². The second kappa shape index (κ2) is 9.92. The standard InChI is InChI=1S/C22H25N3O8S/c1-12(26)34-18(10-13-4-6-16-17(9-13)33-11-32-16)20(28)23-14-5-7-19(27)24-8-2-3-15(22(30)31)25(24)21(14)29/h4,6,9,14-15,18H,2-3,5,7-8,10-11H2,1H3,(H,23,28)(H,30,31)/t14?,15-,18-/m0/s1. The van der Waals surface area contributed by atoms with E-state index in [2.05, 4.69) is 5.32 Å². The second-order valence-corrected chi connectivity index (χ2v) is 9.67. The quantitative estimate of drug-likeness (QED) is 0.588. The highest BCUT2D eigenvalue weighted by atomic mass is 32.2. The summed E-state index contributed by atoms with van der Waals surface area (Å²) in [5.41, 5.74) is 0.744. The Bertz CT molecular complexity index is 1030. The molecule has 3 aliphatic heterocycles. The topological polar surface area (TPSA) is 143 Å². The summed E-state index contributed by atoms with van der Waals surface area (Å²) < 4.78 is 10.7. The molecule has 0 radical (unpaired) electrons. The van der Waals surface area contributed by atoms with Crippen LogP contribution in [0, 0.1) is 0 Å². The first-order valence-corrected chi connectivity index (χ1v) is 11.8. The highest BCUT2D eigenvalue weighted by Crippen LogP contribution is 2.33. The monoisotopic (exact) mass is 491 g/mol. The van der Waals surface area contributed by atoms with Crippen LogP contribution < -0.4 is 14.8 Å². The van der Waals surface area contributed by atoms with Crippen LogP contribution in [0.15, 0.2) is 18.2 Å².